The maximum absolute atomic E-state index is 6.68. The Morgan fingerprint density at radius 2 is 1.70 bits per heavy atom. The van der Waals surface area contributed by atoms with Gasteiger partial charge in [-0.2, -0.15) is 0 Å². The zero-order valence-corrected chi connectivity index (χ0v) is 19.2. The highest BCUT2D eigenvalue weighted by Crippen LogP contribution is 2.42. The normalized spacial score (nSPS) is 18.6. The molecule has 1 saturated heterocycles. The molecule has 4 nitrogen and oxygen atoms in total. The van der Waals surface area contributed by atoms with Crippen molar-refractivity contribution in [1.82, 2.24) is 4.98 Å². The average Bonchev–Trinajstić information content (AvgIpc) is 2.62. The molecule has 27 heavy (non-hydrogen) atoms. The van der Waals surface area contributed by atoms with Crippen LogP contribution in [0.1, 0.15) is 72.2 Å². The van der Waals surface area contributed by atoms with E-state index in [1.165, 1.54) is 6.42 Å². The highest BCUT2D eigenvalue weighted by atomic mass is 28.4. The van der Waals surface area contributed by atoms with Gasteiger partial charge in [0.05, 0.1) is 18.9 Å². The predicted octanol–water partition coefficient (Wildman–Crippen LogP) is 5.86. The fourth-order valence-corrected chi connectivity index (χ4v) is 9.98. The first kappa shape index (κ1) is 22.5. The van der Waals surface area contributed by atoms with Gasteiger partial charge in [0.15, 0.2) is 6.29 Å². The third kappa shape index (κ3) is 6.11. The van der Waals surface area contributed by atoms with Crippen molar-refractivity contribution >= 4 is 8.32 Å². The van der Waals surface area contributed by atoms with E-state index in [1.54, 1.807) is 0 Å². The molecule has 1 aromatic heterocycles. The van der Waals surface area contributed by atoms with Crippen LogP contribution in [0, 0.1) is 0 Å². The highest BCUT2D eigenvalue weighted by Gasteiger charge is 2.45. The number of hydrogen-bond acceptors (Lipinski definition) is 4. The first-order valence-electron chi connectivity index (χ1n) is 10.7. The van der Waals surface area contributed by atoms with Gasteiger partial charge < -0.3 is 13.9 Å². The van der Waals surface area contributed by atoms with Crippen LogP contribution in [-0.4, -0.2) is 32.8 Å². The van der Waals surface area contributed by atoms with Crippen molar-refractivity contribution in [2.24, 2.45) is 0 Å². The minimum Gasteiger partial charge on any atom is -0.410 e. The Kier molecular flexibility index (Phi) is 8.93. The van der Waals surface area contributed by atoms with Crippen molar-refractivity contribution in [2.75, 3.05) is 13.2 Å². The van der Waals surface area contributed by atoms with Gasteiger partial charge in [-0.05, 0) is 48.0 Å². The van der Waals surface area contributed by atoms with E-state index in [1.807, 2.05) is 0 Å². The first-order chi connectivity index (χ1) is 12.9. The molecule has 0 aliphatic carbocycles. The summed E-state index contributed by atoms with van der Waals surface area (Å²) in [7, 11) is -1.86. The van der Waals surface area contributed by atoms with Crippen LogP contribution in [0.4, 0.5) is 0 Å². The van der Waals surface area contributed by atoms with E-state index in [0.717, 1.165) is 37.3 Å². The minimum atomic E-state index is -1.86. The standard InChI is InChI=1S/C22H39NO3Si/c1-17(2)27(18(3)4,19(5)6)26-16-21-11-9-10-20(23-21)13-15-25-22-12-7-8-14-24-22/h9-11,17-19,22H,7-8,12-16H2,1-6H3. The van der Waals surface area contributed by atoms with Crippen LogP contribution in [0.2, 0.25) is 16.6 Å². The summed E-state index contributed by atoms with van der Waals surface area (Å²) >= 11 is 0. The summed E-state index contributed by atoms with van der Waals surface area (Å²) in [5, 5.41) is 0. The van der Waals surface area contributed by atoms with Crippen molar-refractivity contribution in [3.63, 3.8) is 0 Å². The van der Waals surface area contributed by atoms with Crippen molar-refractivity contribution in [3.05, 3.63) is 29.6 Å². The lowest BCUT2D eigenvalue weighted by molar-refractivity contribution is -0.161. The maximum Gasteiger partial charge on any atom is 0.200 e. The van der Waals surface area contributed by atoms with Crippen molar-refractivity contribution in [3.8, 4) is 0 Å². The molecule has 0 saturated carbocycles. The van der Waals surface area contributed by atoms with Gasteiger partial charge in [-0.3, -0.25) is 4.98 Å². The van der Waals surface area contributed by atoms with E-state index in [0.29, 0.717) is 29.8 Å². The number of rotatable bonds is 10. The smallest absolute Gasteiger partial charge is 0.200 e. The van der Waals surface area contributed by atoms with Gasteiger partial charge in [-0.25, -0.2) is 0 Å². The zero-order chi connectivity index (χ0) is 19.9. The van der Waals surface area contributed by atoms with Gasteiger partial charge in [0.25, 0.3) is 0 Å². The summed E-state index contributed by atoms with van der Waals surface area (Å²) in [4.78, 5) is 4.81. The SMILES string of the molecule is CC(C)[Si](OCc1cccc(CCOC2CCCCO2)n1)(C(C)C)C(C)C. The number of ether oxygens (including phenoxy) is 2. The summed E-state index contributed by atoms with van der Waals surface area (Å²) in [6, 6.07) is 6.24. The Bertz CT molecular complexity index is 534. The van der Waals surface area contributed by atoms with Crippen molar-refractivity contribution < 1.29 is 13.9 Å². The van der Waals surface area contributed by atoms with Gasteiger partial charge in [-0.15, -0.1) is 0 Å². The average molecular weight is 394 g/mol. The molecule has 0 amide bonds. The second-order valence-corrected chi connectivity index (χ2v) is 14.1. The van der Waals surface area contributed by atoms with E-state index in [4.69, 9.17) is 18.9 Å². The van der Waals surface area contributed by atoms with E-state index in [2.05, 4.69) is 59.7 Å². The minimum absolute atomic E-state index is 0.0278. The topological polar surface area (TPSA) is 40.6 Å². The number of nitrogens with zero attached hydrogens (tertiary/aromatic N) is 1. The lowest BCUT2D eigenvalue weighted by Gasteiger charge is -2.42. The summed E-state index contributed by atoms with van der Waals surface area (Å²) in [6.45, 7) is 16.0. The van der Waals surface area contributed by atoms with E-state index >= 15 is 0 Å². The molecule has 0 N–H and O–H groups in total. The Hall–Kier alpha value is -0.753. The van der Waals surface area contributed by atoms with Gasteiger partial charge in [0.2, 0.25) is 8.32 Å². The lowest BCUT2D eigenvalue weighted by atomic mass is 10.2. The maximum atomic E-state index is 6.68. The Balaban J connectivity index is 1.92. The van der Waals surface area contributed by atoms with Crippen LogP contribution < -0.4 is 0 Å². The van der Waals surface area contributed by atoms with Crippen LogP contribution in [0.3, 0.4) is 0 Å². The number of pyridine rings is 1. The summed E-state index contributed by atoms with van der Waals surface area (Å²) in [6.07, 6.45) is 4.14. The number of aromatic nitrogens is 1. The van der Waals surface area contributed by atoms with Crippen LogP contribution in [0.5, 0.6) is 0 Å². The first-order valence-corrected chi connectivity index (χ1v) is 12.8. The van der Waals surface area contributed by atoms with Crippen LogP contribution in [-0.2, 0) is 26.9 Å². The van der Waals surface area contributed by atoms with Crippen molar-refractivity contribution in [1.29, 1.82) is 0 Å². The molecule has 0 aromatic carbocycles. The van der Waals surface area contributed by atoms with Crippen LogP contribution in [0.25, 0.3) is 0 Å². The molecule has 0 spiro atoms. The van der Waals surface area contributed by atoms with Gasteiger partial charge in [-0.1, -0.05) is 47.6 Å². The predicted molar refractivity (Wildman–Crippen MR) is 113 cm³/mol. The molecule has 0 bridgehead atoms. The second-order valence-electron chi connectivity index (χ2n) is 8.64. The Morgan fingerprint density at radius 1 is 1.04 bits per heavy atom. The van der Waals surface area contributed by atoms with Crippen LogP contribution >= 0.6 is 0 Å². The molecule has 1 fully saturated rings. The molecule has 1 unspecified atom stereocenters. The molecular weight excluding hydrogens is 354 g/mol. The quantitative estimate of drug-likeness (QED) is 0.467. The fourth-order valence-electron chi connectivity index (χ4n) is 4.59. The summed E-state index contributed by atoms with van der Waals surface area (Å²) < 4.78 is 18.2. The fraction of sp³-hybridized carbons (Fsp3) is 0.773. The molecule has 1 atom stereocenters. The van der Waals surface area contributed by atoms with E-state index in [-0.39, 0.29) is 6.29 Å². The van der Waals surface area contributed by atoms with E-state index < -0.39 is 8.32 Å². The van der Waals surface area contributed by atoms with Gasteiger partial charge >= 0.3 is 0 Å². The molecule has 1 aromatic rings. The van der Waals surface area contributed by atoms with Gasteiger partial charge in [0, 0.05) is 18.7 Å². The molecular formula is C22H39NO3Si. The zero-order valence-electron chi connectivity index (χ0n) is 18.2. The molecule has 5 heteroatoms. The molecule has 1 aliphatic heterocycles. The lowest BCUT2D eigenvalue weighted by Crippen LogP contribution is -2.47. The van der Waals surface area contributed by atoms with Crippen molar-refractivity contribution in [2.45, 2.75) is 96.7 Å². The highest BCUT2D eigenvalue weighted by molar-refractivity contribution is 6.77. The molecule has 1 aliphatic rings. The monoisotopic (exact) mass is 393 g/mol. The molecule has 154 valence electrons. The largest absolute Gasteiger partial charge is 0.410 e. The van der Waals surface area contributed by atoms with E-state index in [9.17, 15) is 0 Å². The number of hydrogen-bond donors (Lipinski definition) is 0. The van der Waals surface area contributed by atoms with Crippen LogP contribution in [0.15, 0.2) is 18.2 Å². The molecule has 2 heterocycles. The third-order valence-electron chi connectivity index (χ3n) is 5.84. The molecule has 0 radical (unpaired) electrons. The third-order valence-corrected chi connectivity index (χ3v) is 11.9. The van der Waals surface area contributed by atoms with Gasteiger partial charge in [0.1, 0.15) is 0 Å². The molecule has 2 rings (SSSR count). The Labute approximate surface area is 167 Å². The second kappa shape index (κ2) is 10.7. The summed E-state index contributed by atoms with van der Waals surface area (Å²) in [5.41, 5.74) is 3.86. The summed E-state index contributed by atoms with van der Waals surface area (Å²) in [5.74, 6) is 0. The Morgan fingerprint density at radius 3 is 2.30 bits per heavy atom.